The highest BCUT2D eigenvalue weighted by atomic mass is 19.1. The van der Waals surface area contributed by atoms with Gasteiger partial charge >= 0.3 is 0 Å². The largest absolute Gasteiger partial charge is 0.353 e. The monoisotopic (exact) mass is 393 g/mol. The highest BCUT2D eigenvalue weighted by Crippen LogP contribution is 2.48. The van der Waals surface area contributed by atoms with E-state index in [1.165, 1.54) is 12.4 Å². The molecule has 0 aliphatic carbocycles. The summed E-state index contributed by atoms with van der Waals surface area (Å²) in [6.45, 7) is 0.411. The van der Waals surface area contributed by atoms with Gasteiger partial charge in [-0.05, 0) is 18.4 Å². The van der Waals surface area contributed by atoms with Crippen LogP contribution in [-0.2, 0) is 9.53 Å². The fourth-order valence-corrected chi connectivity index (χ4v) is 4.73. The first-order valence-corrected chi connectivity index (χ1v) is 9.79. The molecule has 0 bridgehead atoms. The van der Waals surface area contributed by atoms with Crippen molar-refractivity contribution in [2.24, 2.45) is 0 Å². The van der Waals surface area contributed by atoms with Crippen LogP contribution in [0.4, 0.5) is 10.2 Å². The van der Waals surface area contributed by atoms with Gasteiger partial charge in [0.2, 0.25) is 0 Å². The quantitative estimate of drug-likeness (QED) is 0.779. The minimum absolute atomic E-state index is 0.00974. The summed E-state index contributed by atoms with van der Waals surface area (Å²) in [4.78, 5) is 24.9. The summed E-state index contributed by atoms with van der Waals surface area (Å²) in [5.41, 5.74) is -0.146. The maximum absolute atomic E-state index is 15.4. The molecule has 4 heterocycles. The lowest BCUT2D eigenvalue weighted by Gasteiger charge is -2.40. The Morgan fingerprint density at radius 2 is 2.07 bits per heavy atom. The molecule has 3 saturated heterocycles. The van der Waals surface area contributed by atoms with Gasteiger partial charge in [-0.25, -0.2) is 14.4 Å². The first-order chi connectivity index (χ1) is 14.1. The van der Waals surface area contributed by atoms with Gasteiger partial charge in [0, 0.05) is 19.0 Å². The van der Waals surface area contributed by atoms with E-state index in [1.54, 1.807) is 9.80 Å². The lowest BCUT2D eigenvalue weighted by molar-refractivity contribution is -0.148. The fraction of sp³-hybridized carbons (Fsp3) is 0.429. The van der Waals surface area contributed by atoms with Crippen LogP contribution in [0.2, 0.25) is 0 Å². The molecule has 2 aromatic rings. The van der Waals surface area contributed by atoms with E-state index in [4.69, 9.17) is 10.00 Å². The second-order valence-corrected chi connectivity index (χ2v) is 7.72. The van der Waals surface area contributed by atoms with E-state index in [-0.39, 0.29) is 36.8 Å². The molecule has 1 amide bonds. The summed E-state index contributed by atoms with van der Waals surface area (Å²) in [7, 11) is 0. The van der Waals surface area contributed by atoms with Crippen molar-refractivity contribution in [2.45, 2.75) is 43.3 Å². The molecule has 7 nitrogen and oxygen atoms in total. The summed E-state index contributed by atoms with van der Waals surface area (Å²) in [6.07, 6.45) is 1.21. The number of fused-ring (bicyclic) bond motifs is 1. The Kier molecular flexibility index (Phi) is 4.21. The van der Waals surface area contributed by atoms with Crippen LogP contribution in [0.3, 0.4) is 0 Å². The Balaban J connectivity index is 1.37. The van der Waals surface area contributed by atoms with Crippen molar-refractivity contribution in [1.29, 1.82) is 5.26 Å². The van der Waals surface area contributed by atoms with Crippen LogP contribution in [0.15, 0.2) is 42.7 Å². The van der Waals surface area contributed by atoms with Crippen molar-refractivity contribution in [2.75, 3.05) is 18.0 Å². The summed E-state index contributed by atoms with van der Waals surface area (Å²) >= 11 is 0. The zero-order chi connectivity index (χ0) is 20.0. The lowest BCUT2D eigenvalue weighted by Crippen LogP contribution is -2.58. The number of anilines is 1. The van der Waals surface area contributed by atoms with Crippen molar-refractivity contribution in [3.63, 3.8) is 0 Å². The third kappa shape index (κ3) is 2.76. The van der Waals surface area contributed by atoms with E-state index in [1.807, 2.05) is 36.4 Å². The Morgan fingerprint density at radius 3 is 2.83 bits per heavy atom. The number of amides is 1. The molecular weight excluding hydrogens is 373 g/mol. The summed E-state index contributed by atoms with van der Waals surface area (Å²) in [5.74, 6) is 0.239. The maximum atomic E-state index is 15.4. The van der Waals surface area contributed by atoms with E-state index in [2.05, 4.69) is 9.97 Å². The number of halogens is 1. The highest BCUT2D eigenvalue weighted by molar-refractivity contribution is 5.89. The molecule has 1 spiro atoms. The molecule has 3 fully saturated rings. The third-order valence-electron chi connectivity index (χ3n) is 6.19. The smallest absolute Gasteiger partial charge is 0.260 e. The Morgan fingerprint density at radius 1 is 1.24 bits per heavy atom. The normalized spacial score (nSPS) is 31.2. The zero-order valence-corrected chi connectivity index (χ0v) is 15.7. The van der Waals surface area contributed by atoms with E-state index in [0.29, 0.717) is 18.8 Å². The molecule has 1 aromatic carbocycles. The zero-order valence-electron chi connectivity index (χ0n) is 15.7. The molecular formula is C21H20FN5O2. The predicted molar refractivity (Wildman–Crippen MR) is 101 cm³/mol. The van der Waals surface area contributed by atoms with Gasteiger partial charge in [0.05, 0.1) is 12.6 Å². The minimum Gasteiger partial charge on any atom is -0.353 e. The van der Waals surface area contributed by atoms with E-state index in [0.717, 1.165) is 12.0 Å². The van der Waals surface area contributed by atoms with Crippen LogP contribution in [-0.4, -0.2) is 51.9 Å². The van der Waals surface area contributed by atoms with E-state index < -0.39 is 11.8 Å². The molecule has 4 atom stereocenters. The summed E-state index contributed by atoms with van der Waals surface area (Å²) in [5, 5.41) is 9.02. The van der Waals surface area contributed by atoms with Gasteiger partial charge in [-0.2, -0.15) is 5.26 Å². The SMILES string of the molecule is N#Cc1cc(N2CCC3(OC4CCC(c5ccccc5)N4C3=O)C(F)C2)ncn1. The first-order valence-electron chi connectivity index (χ1n) is 9.79. The van der Waals surface area contributed by atoms with Gasteiger partial charge in [-0.1, -0.05) is 30.3 Å². The van der Waals surface area contributed by atoms with Crippen molar-refractivity contribution in [1.82, 2.24) is 14.9 Å². The second kappa shape index (κ2) is 6.78. The molecule has 4 unspecified atom stereocenters. The molecule has 0 radical (unpaired) electrons. The molecule has 3 aliphatic heterocycles. The maximum Gasteiger partial charge on any atom is 0.260 e. The number of benzene rings is 1. The number of nitrogens with zero attached hydrogens (tertiary/aromatic N) is 5. The number of ether oxygens (including phenoxy) is 1. The molecule has 3 aliphatic rings. The average Bonchev–Trinajstić information content (AvgIpc) is 3.29. The van der Waals surface area contributed by atoms with E-state index in [9.17, 15) is 4.79 Å². The van der Waals surface area contributed by atoms with Crippen molar-refractivity contribution in [3.8, 4) is 6.07 Å². The number of rotatable bonds is 2. The highest BCUT2D eigenvalue weighted by Gasteiger charge is 2.62. The number of piperidine rings is 1. The average molecular weight is 393 g/mol. The Labute approximate surface area is 167 Å². The third-order valence-corrected chi connectivity index (χ3v) is 6.19. The molecule has 29 heavy (non-hydrogen) atoms. The van der Waals surface area contributed by atoms with Gasteiger partial charge in [0.15, 0.2) is 11.8 Å². The topological polar surface area (TPSA) is 82.4 Å². The van der Waals surface area contributed by atoms with Gasteiger partial charge in [-0.3, -0.25) is 4.79 Å². The summed E-state index contributed by atoms with van der Waals surface area (Å²) < 4.78 is 21.5. The number of nitriles is 1. The molecule has 1 aromatic heterocycles. The lowest BCUT2D eigenvalue weighted by atomic mass is 9.88. The Bertz CT molecular complexity index is 981. The number of hydrogen-bond donors (Lipinski definition) is 0. The first kappa shape index (κ1) is 18.0. The van der Waals surface area contributed by atoms with Gasteiger partial charge in [0.1, 0.15) is 30.1 Å². The van der Waals surface area contributed by atoms with Gasteiger partial charge in [-0.15, -0.1) is 0 Å². The molecule has 0 saturated carbocycles. The number of aromatic nitrogens is 2. The number of hydrogen-bond acceptors (Lipinski definition) is 6. The van der Waals surface area contributed by atoms with Crippen molar-refractivity contribution < 1.29 is 13.9 Å². The number of carbonyl (C=O) groups excluding carboxylic acids is 1. The standard InChI is InChI=1S/C21H20FN5O2/c22-17-12-26(18-10-15(11-23)24-13-25-18)9-8-21(17)20(28)27-16(6-7-19(27)29-21)14-4-2-1-3-5-14/h1-5,10,13,16-17,19H,6-9,12H2. The Hall–Kier alpha value is -3.05. The van der Waals surface area contributed by atoms with Crippen LogP contribution in [0.5, 0.6) is 0 Å². The van der Waals surface area contributed by atoms with Crippen LogP contribution in [0.25, 0.3) is 0 Å². The fourth-order valence-electron chi connectivity index (χ4n) is 4.73. The van der Waals surface area contributed by atoms with Crippen LogP contribution < -0.4 is 4.90 Å². The van der Waals surface area contributed by atoms with Gasteiger partial charge in [0.25, 0.3) is 5.91 Å². The molecule has 5 rings (SSSR count). The molecule has 8 heteroatoms. The molecule has 148 valence electrons. The van der Waals surface area contributed by atoms with Crippen LogP contribution >= 0.6 is 0 Å². The number of carbonyl (C=O) groups is 1. The van der Waals surface area contributed by atoms with Crippen molar-refractivity contribution in [3.05, 3.63) is 54.0 Å². The molecule has 0 N–H and O–H groups in total. The van der Waals surface area contributed by atoms with Crippen LogP contribution in [0, 0.1) is 11.3 Å². The predicted octanol–water partition coefficient (Wildman–Crippen LogP) is 2.36. The van der Waals surface area contributed by atoms with Crippen molar-refractivity contribution >= 4 is 11.7 Å². The van der Waals surface area contributed by atoms with Gasteiger partial charge < -0.3 is 14.5 Å². The summed E-state index contributed by atoms with van der Waals surface area (Å²) in [6, 6.07) is 13.3. The van der Waals surface area contributed by atoms with Crippen LogP contribution in [0.1, 0.15) is 36.6 Å². The second-order valence-electron chi connectivity index (χ2n) is 7.72. The minimum atomic E-state index is -1.48. The van der Waals surface area contributed by atoms with E-state index >= 15 is 4.39 Å². The number of alkyl halides is 1.